The van der Waals surface area contributed by atoms with Gasteiger partial charge in [-0.15, -0.1) is 0 Å². The molecular formula is C56H91O8P. The van der Waals surface area contributed by atoms with Gasteiger partial charge in [0.2, 0.25) is 5.60 Å². The zero-order valence-electron chi connectivity index (χ0n) is 44.6. The standard InChI is InChI=1S/C56H91O8P/c1-41(2)21-31-51(32-22-42(3)4,60-37-27-47(13)14)53(34-24-44(7)8)55(36-26-46(11)12,62-39-29-49(17)18)54(35-25-45(9)10,61-38-28-48(15)16)52(57,33-23-43(5)6)56(64-53,65(58)59)63-40-30-50(19)20/h21-30,57H,31-40H2,1-20H3/t52-,53-,54-,55-,56+/m1/s1. The van der Waals surface area contributed by atoms with Crippen molar-refractivity contribution in [3.8, 4) is 0 Å². The molecule has 0 aromatic heterocycles. The highest BCUT2D eigenvalue weighted by Gasteiger charge is 2.89. The van der Waals surface area contributed by atoms with Crippen LogP contribution in [0.5, 0.6) is 0 Å². The fourth-order valence-electron chi connectivity index (χ4n) is 8.28. The van der Waals surface area contributed by atoms with Crippen molar-refractivity contribution >= 4 is 8.03 Å². The van der Waals surface area contributed by atoms with E-state index in [4.69, 9.17) is 23.7 Å². The molecule has 1 fully saturated rings. The fourth-order valence-corrected chi connectivity index (χ4v) is 9.26. The van der Waals surface area contributed by atoms with Crippen LogP contribution < -0.4 is 4.89 Å². The Kier molecular flexibility index (Phi) is 24.7. The van der Waals surface area contributed by atoms with Crippen LogP contribution in [0, 0.1) is 0 Å². The number of hydrogen-bond acceptors (Lipinski definition) is 8. The molecule has 0 aliphatic carbocycles. The predicted octanol–water partition coefficient (Wildman–Crippen LogP) is 14.5. The Morgan fingerprint density at radius 3 is 1.17 bits per heavy atom. The second-order valence-electron chi connectivity index (χ2n) is 20.6. The molecule has 0 amide bonds. The second kappa shape index (κ2) is 26.7. The molecule has 1 heterocycles. The van der Waals surface area contributed by atoms with Crippen molar-refractivity contribution in [2.24, 2.45) is 0 Å². The Balaban J connectivity index is 5.79. The molecule has 0 aromatic rings. The first-order chi connectivity index (χ1) is 30.1. The van der Waals surface area contributed by atoms with E-state index < -0.39 is 41.6 Å². The van der Waals surface area contributed by atoms with Gasteiger partial charge in [-0.25, -0.2) is 0 Å². The summed E-state index contributed by atoms with van der Waals surface area (Å²) < 4.78 is 53.0. The Morgan fingerprint density at radius 2 is 0.785 bits per heavy atom. The van der Waals surface area contributed by atoms with Crippen LogP contribution in [-0.2, 0) is 28.2 Å². The Bertz CT molecular complexity index is 1860. The van der Waals surface area contributed by atoms with Gasteiger partial charge in [0, 0.05) is 25.7 Å². The van der Waals surface area contributed by atoms with E-state index in [-0.39, 0.29) is 65.0 Å². The molecule has 1 saturated heterocycles. The van der Waals surface area contributed by atoms with Gasteiger partial charge in [0.15, 0.2) is 0 Å². The summed E-state index contributed by atoms with van der Waals surface area (Å²) in [4.78, 5) is 15.1. The Labute approximate surface area is 398 Å². The van der Waals surface area contributed by atoms with Crippen LogP contribution in [0.15, 0.2) is 116 Å². The number of aliphatic hydroxyl groups is 1. The minimum atomic E-state index is -3.82. The molecule has 0 radical (unpaired) electrons. The van der Waals surface area contributed by atoms with Crippen LogP contribution in [0.2, 0.25) is 0 Å². The molecular weight excluding hydrogens is 832 g/mol. The summed E-state index contributed by atoms with van der Waals surface area (Å²) in [6.45, 7) is 40.2. The first kappa shape index (κ1) is 60.2. The fraction of sp³-hybridized carbons (Fsp3) is 0.643. The van der Waals surface area contributed by atoms with Gasteiger partial charge in [-0.1, -0.05) is 121 Å². The molecule has 1 aliphatic heterocycles. The van der Waals surface area contributed by atoms with Crippen LogP contribution in [0.25, 0.3) is 0 Å². The SMILES string of the molecule is CC(C)=CCOC(CC=C(C)C)(CC=C(C)C)[C@@]1(CC=C(C)C)O[C@](OCC=C(C)C)([P+](=O)[O-])[C@@](O)(CC=C(C)C)[C@@](CC=C(C)C)(OCC=C(C)C)[C@]1(CC=C(C)C)OCC=C(C)C. The average molecular weight is 923 g/mol. The van der Waals surface area contributed by atoms with E-state index in [0.29, 0.717) is 0 Å². The monoisotopic (exact) mass is 923 g/mol. The third-order valence-corrected chi connectivity index (χ3v) is 13.0. The first-order valence-electron chi connectivity index (χ1n) is 23.5. The highest BCUT2D eigenvalue weighted by Crippen LogP contribution is 2.70. The number of ether oxygens (including phenoxy) is 5. The molecule has 1 N–H and O–H groups in total. The molecule has 65 heavy (non-hydrogen) atoms. The van der Waals surface area contributed by atoms with Gasteiger partial charge in [-0.3, -0.25) is 4.74 Å². The van der Waals surface area contributed by atoms with Crippen molar-refractivity contribution in [3.05, 3.63) is 116 Å². The van der Waals surface area contributed by atoms with Crippen LogP contribution >= 0.6 is 8.03 Å². The largest absolute Gasteiger partial charge is 0.591 e. The molecule has 8 nitrogen and oxygen atoms in total. The normalized spacial score (nSPS) is 24.1. The van der Waals surface area contributed by atoms with Crippen molar-refractivity contribution in [2.75, 3.05) is 26.4 Å². The number of hydrogen-bond donors (Lipinski definition) is 1. The molecule has 1 rings (SSSR count). The van der Waals surface area contributed by atoms with E-state index in [1.807, 2.05) is 147 Å². The molecule has 0 bridgehead atoms. The summed E-state index contributed by atoms with van der Waals surface area (Å²) in [5, 5.41) is 14.6. The van der Waals surface area contributed by atoms with Crippen molar-refractivity contribution in [1.29, 1.82) is 0 Å². The van der Waals surface area contributed by atoms with E-state index >= 15 is 9.46 Å². The van der Waals surface area contributed by atoms with Crippen LogP contribution in [-0.4, -0.2) is 65.1 Å². The van der Waals surface area contributed by atoms with Gasteiger partial charge < -0.3 is 28.9 Å². The highest BCUT2D eigenvalue weighted by atomic mass is 31.1. The molecule has 0 aromatic carbocycles. The molecule has 0 saturated carbocycles. The quantitative estimate of drug-likeness (QED) is 0.0675. The van der Waals surface area contributed by atoms with Crippen molar-refractivity contribution in [3.63, 3.8) is 0 Å². The maximum atomic E-state index is 15.1. The molecule has 368 valence electrons. The zero-order valence-corrected chi connectivity index (χ0v) is 45.5. The molecule has 0 spiro atoms. The predicted molar refractivity (Wildman–Crippen MR) is 273 cm³/mol. The maximum Gasteiger partial charge on any atom is 0.405 e. The van der Waals surface area contributed by atoms with E-state index in [0.717, 1.165) is 55.7 Å². The van der Waals surface area contributed by atoms with Gasteiger partial charge in [0.25, 0.3) is 0 Å². The summed E-state index contributed by atoms with van der Waals surface area (Å²) in [5.74, 6) is 0. The van der Waals surface area contributed by atoms with E-state index in [2.05, 4.69) is 52.0 Å². The Hall–Kier alpha value is -2.78. The summed E-state index contributed by atoms with van der Waals surface area (Å²) in [7, 11) is -3.82. The minimum absolute atomic E-state index is 0.0185. The van der Waals surface area contributed by atoms with Crippen molar-refractivity contribution in [1.82, 2.24) is 0 Å². The maximum absolute atomic E-state index is 15.1. The third-order valence-electron chi connectivity index (χ3n) is 11.9. The van der Waals surface area contributed by atoms with Crippen LogP contribution in [0.3, 0.4) is 0 Å². The zero-order chi connectivity index (χ0) is 50.0. The van der Waals surface area contributed by atoms with E-state index in [9.17, 15) is 5.11 Å². The summed E-state index contributed by atoms with van der Waals surface area (Å²) >= 11 is 0. The lowest BCUT2D eigenvalue weighted by atomic mass is 9.51. The van der Waals surface area contributed by atoms with Gasteiger partial charge in [-0.2, -0.15) is 0 Å². The Morgan fingerprint density at radius 1 is 0.462 bits per heavy atom. The van der Waals surface area contributed by atoms with Crippen LogP contribution in [0.4, 0.5) is 0 Å². The van der Waals surface area contributed by atoms with Crippen LogP contribution in [0.1, 0.15) is 177 Å². The third kappa shape index (κ3) is 15.4. The minimum Gasteiger partial charge on any atom is -0.591 e. The molecule has 1 unspecified atom stereocenters. The lowest BCUT2D eigenvalue weighted by Crippen LogP contribution is -2.91. The van der Waals surface area contributed by atoms with Crippen molar-refractivity contribution < 1.29 is 38.2 Å². The van der Waals surface area contributed by atoms with E-state index in [1.165, 1.54) is 0 Å². The molecule has 6 atom stereocenters. The van der Waals surface area contributed by atoms with Gasteiger partial charge in [0.1, 0.15) is 22.4 Å². The highest BCUT2D eigenvalue weighted by molar-refractivity contribution is 7.38. The molecule has 9 heteroatoms. The smallest absolute Gasteiger partial charge is 0.405 e. The van der Waals surface area contributed by atoms with Gasteiger partial charge in [0.05, 0.1) is 26.4 Å². The van der Waals surface area contributed by atoms with Crippen molar-refractivity contribution in [2.45, 2.75) is 211 Å². The number of allylic oxidation sites excluding steroid dienone is 10. The lowest BCUT2D eigenvalue weighted by molar-refractivity contribution is -0.478. The van der Waals surface area contributed by atoms with Gasteiger partial charge in [-0.05, 0) is 151 Å². The second-order valence-corrected chi connectivity index (χ2v) is 21.7. The summed E-state index contributed by atoms with van der Waals surface area (Å²) in [6, 6.07) is 0. The van der Waals surface area contributed by atoms with Gasteiger partial charge >= 0.3 is 13.6 Å². The van der Waals surface area contributed by atoms with E-state index in [1.54, 1.807) is 0 Å². The summed E-state index contributed by atoms with van der Waals surface area (Å²) in [5.41, 5.74) is -2.29. The molecule has 1 aliphatic rings. The summed E-state index contributed by atoms with van der Waals surface area (Å²) in [6.07, 6.45) is 20.8. The lowest BCUT2D eigenvalue weighted by Gasteiger charge is -2.71. The first-order valence-corrected chi connectivity index (χ1v) is 24.7. The number of rotatable bonds is 26. The topological polar surface area (TPSA) is 107 Å². The average Bonchev–Trinajstić information content (AvgIpc) is 3.17.